The Labute approximate surface area is 189 Å². The molecule has 32 heavy (non-hydrogen) atoms. The van der Waals surface area contributed by atoms with E-state index in [0.717, 1.165) is 16.9 Å². The number of aromatic nitrogens is 1. The normalized spacial score (nSPS) is 11.4. The Bertz CT molecular complexity index is 1420. The van der Waals surface area contributed by atoms with E-state index in [1.165, 1.54) is 35.7 Å². The van der Waals surface area contributed by atoms with E-state index in [0.29, 0.717) is 17.7 Å². The quantitative estimate of drug-likeness (QED) is 0.383. The molecular weight excluding hydrogens is 446 g/mol. The fraction of sp³-hybridized carbons (Fsp3) is 0.130. The average Bonchev–Trinajstić information content (AvgIpc) is 3.31. The van der Waals surface area contributed by atoms with Crippen LogP contribution in [0.15, 0.2) is 75.9 Å². The van der Waals surface area contributed by atoms with Gasteiger partial charge in [0.15, 0.2) is 0 Å². The van der Waals surface area contributed by atoms with Gasteiger partial charge in [-0.15, -0.1) is 11.3 Å². The number of carbonyl (C=O) groups is 1. The fourth-order valence-corrected chi connectivity index (χ4v) is 4.96. The summed E-state index contributed by atoms with van der Waals surface area (Å²) in [6.45, 7) is 2.33. The maximum Gasteiger partial charge on any atom is 0.261 e. The highest BCUT2D eigenvalue weighted by Gasteiger charge is 2.18. The lowest BCUT2D eigenvalue weighted by Gasteiger charge is -2.10. The van der Waals surface area contributed by atoms with E-state index in [9.17, 15) is 18.0 Å². The minimum Gasteiger partial charge on any atom is -0.360 e. The van der Waals surface area contributed by atoms with Crippen LogP contribution in [0.25, 0.3) is 10.9 Å². The van der Waals surface area contributed by atoms with Gasteiger partial charge >= 0.3 is 0 Å². The Morgan fingerprint density at radius 2 is 1.88 bits per heavy atom. The molecule has 9 heteroatoms. The van der Waals surface area contributed by atoms with Gasteiger partial charge in [0.25, 0.3) is 15.9 Å². The molecule has 0 fully saturated rings. The second kappa shape index (κ2) is 8.97. The van der Waals surface area contributed by atoms with Crippen molar-refractivity contribution in [1.29, 1.82) is 0 Å². The first-order chi connectivity index (χ1) is 15.4. The highest BCUT2D eigenvalue weighted by Crippen LogP contribution is 2.20. The van der Waals surface area contributed by atoms with Gasteiger partial charge in [-0.05, 0) is 53.8 Å². The number of nitrogens with one attached hydrogen (secondary N) is 3. The first-order valence-corrected chi connectivity index (χ1v) is 12.3. The van der Waals surface area contributed by atoms with Gasteiger partial charge in [-0.2, -0.15) is 0 Å². The van der Waals surface area contributed by atoms with Crippen molar-refractivity contribution < 1.29 is 13.2 Å². The second-order valence-electron chi connectivity index (χ2n) is 7.16. The van der Waals surface area contributed by atoms with Crippen molar-refractivity contribution in [2.45, 2.75) is 24.8 Å². The lowest BCUT2D eigenvalue weighted by molar-refractivity contribution is 0.0950. The number of rotatable bonds is 7. The molecule has 7 nitrogen and oxygen atoms in total. The van der Waals surface area contributed by atoms with Crippen LogP contribution in [0.1, 0.15) is 27.7 Å². The summed E-state index contributed by atoms with van der Waals surface area (Å²) in [4.78, 5) is 29.3. The van der Waals surface area contributed by atoms with Crippen molar-refractivity contribution in [2.75, 3.05) is 4.72 Å². The number of benzene rings is 2. The van der Waals surface area contributed by atoms with Crippen LogP contribution in [0.3, 0.4) is 0 Å². The molecule has 0 aliphatic carbocycles. The molecule has 0 bridgehead atoms. The average molecular weight is 468 g/mol. The molecule has 0 aliphatic heterocycles. The van der Waals surface area contributed by atoms with Crippen LogP contribution in [0.4, 0.5) is 5.69 Å². The van der Waals surface area contributed by atoms with Crippen molar-refractivity contribution in [1.82, 2.24) is 10.3 Å². The van der Waals surface area contributed by atoms with Crippen molar-refractivity contribution in [2.24, 2.45) is 0 Å². The molecular formula is C23H21N3O4S2. The van der Waals surface area contributed by atoms with Crippen LogP contribution in [-0.2, 0) is 23.0 Å². The highest BCUT2D eigenvalue weighted by atomic mass is 32.2. The molecule has 2 heterocycles. The summed E-state index contributed by atoms with van der Waals surface area (Å²) in [6, 6.07) is 15.1. The SMILES string of the molecule is CCc1ccc(NS(=O)(=O)c2ccc3[nH]cc(C(=O)NCc4cccs4)c(=O)c3c2)cc1. The Kier molecular flexibility index (Phi) is 6.11. The summed E-state index contributed by atoms with van der Waals surface area (Å²) in [5.74, 6) is -0.524. The van der Waals surface area contributed by atoms with Crippen molar-refractivity contribution in [3.05, 3.63) is 92.4 Å². The third-order valence-corrected chi connectivity index (χ3v) is 7.28. The number of thiophene rings is 1. The summed E-state index contributed by atoms with van der Waals surface area (Å²) in [7, 11) is -3.92. The van der Waals surface area contributed by atoms with Crippen LogP contribution in [0.2, 0.25) is 0 Å². The van der Waals surface area contributed by atoms with Gasteiger partial charge in [0.05, 0.1) is 11.4 Å². The predicted octanol–water partition coefficient (Wildman–Crippen LogP) is 3.88. The molecule has 0 unspecified atom stereocenters. The number of amides is 1. The zero-order valence-electron chi connectivity index (χ0n) is 17.2. The van der Waals surface area contributed by atoms with Gasteiger partial charge in [-0.3, -0.25) is 14.3 Å². The number of carbonyl (C=O) groups excluding carboxylic acids is 1. The fourth-order valence-electron chi connectivity index (χ4n) is 3.23. The van der Waals surface area contributed by atoms with Crippen LogP contribution >= 0.6 is 11.3 Å². The van der Waals surface area contributed by atoms with Gasteiger partial charge in [0, 0.05) is 27.7 Å². The minimum atomic E-state index is -3.92. The molecule has 0 saturated carbocycles. The number of hydrogen-bond acceptors (Lipinski definition) is 5. The minimum absolute atomic E-state index is 0.0637. The zero-order valence-corrected chi connectivity index (χ0v) is 18.8. The smallest absolute Gasteiger partial charge is 0.261 e. The first-order valence-electron chi connectivity index (χ1n) is 9.95. The summed E-state index contributed by atoms with van der Waals surface area (Å²) in [5, 5.41) is 4.74. The van der Waals surface area contributed by atoms with E-state index in [2.05, 4.69) is 15.0 Å². The van der Waals surface area contributed by atoms with Crippen LogP contribution < -0.4 is 15.5 Å². The van der Waals surface area contributed by atoms with E-state index in [1.807, 2.05) is 36.6 Å². The molecule has 2 aromatic heterocycles. The molecule has 3 N–H and O–H groups in total. The Morgan fingerprint density at radius 1 is 1.09 bits per heavy atom. The maximum atomic E-state index is 12.9. The molecule has 1 amide bonds. The summed E-state index contributed by atoms with van der Waals surface area (Å²) >= 11 is 1.50. The van der Waals surface area contributed by atoms with E-state index < -0.39 is 21.4 Å². The largest absolute Gasteiger partial charge is 0.360 e. The topological polar surface area (TPSA) is 108 Å². The summed E-state index contributed by atoms with van der Waals surface area (Å²) in [6.07, 6.45) is 2.19. The highest BCUT2D eigenvalue weighted by molar-refractivity contribution is 7.92. The summed E-state index contributed by atoms with van der Waals surface area (Å²) in [5.41, 5.74) is 1.35. The Hall–Kier alpha value is -3.43. The van der Waals surface area contributed by atoms with Crippen LogP contribution in [-0.4, -0.2) is 19.3 Å². The van der Waals surface area contributed by atoms with Crippen LogP contribution in [0, 0.1) is 0 Å². The van der Waals surface area contributed by atoms with Gasteiger partial charge < -0.3 is 10.3 Å². The van der Waals surface area contributed by atoms with E-state index in [-0.39, 0.29) is 15.8 Å². The summed E-state index contributed by atoms with van der Waals surface area (Å²) < 4.78 is 28.2. The van der Waals surface area contributed by atoms with E-state index >= 15 is 0 Å². The van der Waals surface area contributed by atoms with Crippen LogP contribution in [0.5, 0.6) is 0 Å². The number of pyridine rings is 1. The van der Waals surface area contributed by atoms with E-state index in [1.54, 1.807) is 12.1 Å². The zero-order chi connectivity index (χ0) is 22.7. The maximum absolute atomic E-state index is 12.9. The van der Waals surface area contributed by atoms with E-state index in [4.69, 9.17) is 0 Å². The number of fused-ring (bicyclic) bond motifs is 1. The molecule has 0 aliphatic rings. The van der Waals surface area contributed by atoms with Crippen molar-refractivity contribution in [3.8, 4) is 0 Å². The third kappa shape index (κ3) is 4.58. The lowest BCUT2D eigenvalue weighted by Crippen LogP contribution is -2.28. The molecule has 4 rings (SSSR count). The van der Waals surface area contributed by atoms with Gasteiger partial charge in [-0.1, -0.05) is 25.1 Å². The molecule has 0 spiro atoms. The number of H-pyrrole nitrogens is 1. The lowest BCUT2D eigenvalue weighted by atomic mass is 10.1. The number of anilines is 1. The number of aromatic amines is 1. The molecule has 0 radical (unpaired) electrons. The third-order valence-electron chi connectivity index (χ3n) is 5.02. The monoisotopic (exact) mass is 467 g/mol. The molecule has 164 valence electrons. The molecule has 0 saturated heterocycles. The van der Waals surface area contributed by atoms with Gasteiger partial charge in [0.1, 0.15) is 5.56 Å². The molecule has 2 aromatic carbocycles. The second-order valence-corrected chi connectivity index (χ2v) is 9.87. The van der Waals surface area contributed by atoms with Crippen molar-refractivity contribution in [3.63, 3.8) is 0 Å². The van der Waals surface area contributed by atoms with Crippen molar-refractivity contribution >= 4 is 43.9 Å². The number of sulfonamides is 1. The molecule has 0 atom stereocenters. The first kappa shape index (κ1) is 21.8. The Morgan fingerprint density at radius 3 is 2.56 bits per heavy atom. The van der Waals surface area contributed by atoms with Gasteiger partial charge in [-0.25, -0.2) is 8.42 Å². The standard InChI is InChI=1S/C23H21N3O4S2/c1-2-15-5-7-16(8-6-15)26-32(29,30)18-9-10-21-19(12-18)22(27)20(14-24-21)23(28)25-13-17-4-3-11-31-17/h3-12,14,26H,2,13H2,1H3,(H,24,27)(H,25,28). The number of aryl methyl sites for hydroxylation is 1. The number of hydrogen-bond donors (Lipinski definition) is 3. The van der Waals surface area contributed by atoms with Gasteiger partial charge in [0.2, 0.25) is 5.43 Å². The predicted molar refractivity (Wildman–Crippen MR) is 127 cm³/mol. The Balaban J connectivity index is 1.62. The molecule has 4 aromatic rings.